The van der Waals surface area contributed by atoms with Crippen molar-refractivity contribution in [2.75, 3.05) is 0 Å². The first-order chi connectivity index (χ1) is 11.1. The molecule has 1 amide bonds. The largest absolute Gasteiger partial charge is 0.506 e. The molecule has 0 radical (unpaired) electrons. The number of para-hydroxylation sites is 1. The number of phenols is 1. The summed E-state index contributed by atoms with van der Waals surface area (Å²) in [5.74, 6) is -0.180. The van der Waals surface area contributed by atoms with E-state index in [1.807, 2.05) is 24.3 Å². The number of aromatic amines is 1. The summed E-state index contributed by atoms with van der Waals surface area (Å²) in [7, 11) is 0. The first kappa shape index (κ1) is 15.8. The number of aromatic hydroxyl groups is 1. The van der Waals surface area contributed by atoms with Gasteiger partial charge in [0.1, 0.15) is 5.75 Å². The summed E-state index contributed by atoms with van der Waals surface area (Å²) in [6, 6.07) is 10.9. The first-order valence-corrected chi connectivity index (χ1v) is 8.22. The Bertz CT molecular complexity index is 896. The van der Waals surface area contributed by atoms with Gasteiger partial charge in [0.25, 0.3) is 5.91 Å². The van der Waals surface area contributed by atoms with Crippen molar-refractivity contribution in [2.45, 2.75) is 0 Å². The Morgan fingerprint density at radius 1 is 1.22 bits per heavy atom. The molecule has 0 atom stereocenters. The highest BCUT2D eigenvalue weighted by Gasteiger charge is 2.10. The number of H-pyrrole nitrogens is 1. The molecule has 116 valence electrons. The average Bonchev–Trinajstić information content (AvgIpc) is 2.96. The molecule has 3 aromatic rings. The second-order valence-corrected chi connectivity index (χ2v) is 6.49. The topological polar surface area (TPSA) is 77.5 Å². The van der Waals surface area contributed by atoms with E-state index in [1.165, 1.54) is 6.21 Å². The number of rotatable bonds is 3. The van der Waals surface area contributed by atoms with E-state index in [9.17, 15) is 9.90 Å². The molecule has 0 saturated heterocycles. The van der Waals surface area contributed by atoms with E-state index in [0.29, 0.717) is 14.5 Å². The zero-order valence-corrected chi connectivity index (χ0v) is 14.8. The zero-order chi connectivity index (χ0) is 16.4. The number of carbonyl (C=O) groups is 1. The van der Waals surface area contributed by atoms with Crippen LogP contribution >= 0.6 is 31.9 Å². The van der Waals surface area contributed by atoms with E-state index >= 15 is 0 Å². The molecule has 0 aliphatic rings. The van der Waals surface area contributed by atoms with Crippen LogP contribution in [-0.2, 0) is 0 Å². The van der Waals surface area contributed by atoms with E-state index in [4.69, 9.17) is 0 Å². The smallest absolute Gasteiger partial charge is 0.273 e. The van der Waals surface area contributed by atoms with Gasteiger partial charge in [0.15, 0.2) is 0 Å². The number of nitrogens with zero attached hydrogens (tertiary/aromatic N) is 1. The van der Waals surface area contributed by atoms with Crippen molar-refractivity contribution >= 4 is 54.9 Å². The van der Waals surface area contributed by atoms with Crippen molar-refractivity contribution in [1.29, 1.82) is 0 Å². The Morgan fingerprint density at radius 2 is 1.91 bits per heavy atom. The Morgan fingerprint density at radius 3 is 2.65 bits per heavy atom. The van der Waals surface area contributed by atoms with Crippen LogP contribution in [0.1, 0.15) is 15.9 Å². The van der Waals surface area contributed by atoms with Crippen LogP contribution in [-0.4, -0.2) is 22.2 Å². The van der Waals surface area contributed by atoms with Gasteiger partial charge >= 0.3 is 0 Å². The van der Waals surface area contributed by atoms with Crippen LogP contribution in [0.25, 0.3) is 10.9 Å². The van der Waals surface area contributed by atoms with Gasteiger partial charge in [-0.3, -0.25) is 4.79 Å². The number of phenolic OH excluding ortho intramolecular Hbond substituents is 1. The molecule has 0 spiro atoms. The number of fused-ring (bicyclic) bond motifs is 1. The second-order valence-electron chi connectivity index (χ2n) is 4.78. The Labute approximate surface area is 148 Å². The molecule has 2 aromatic carbocycles. The zero-order valence-electron chi connectivity index (χ0n) is 11.7. The van der Waals surface area contributed by atoms with Gasteiger partial charge in [0.05, 0.1) is 20.7 Å². The van der Waals surface area contributed by atoms with Crippen LogP contribution < -0.4 is 5.43 Å². The van der Waals surface area contributed by atoms with Gasteiger partial charge in [0, 0.05) is 17.1 Å². The number of hydrogen-bond donors (Lipinski definition) is 3. The highest BCUT2D eigenvalue weighted by molar-refractivity contribution is 9.11. The summed E-state index contributed by atoms with van der Waals surface area (Å²) in [4.78, 5) is 15.2. The Balaban J connectivity index is 1.76. The maximum Gasteiger partial charge on any atom is 0.273 e. The number of benzene rings is 2. The third kappa shape index (κ3) is 3.30. The fourth-order valence-corrected chi connectivity index (χ4v) is 3.37. The number of aromatic nitrogens is 1. The third-order valence-electron chi connectivity index (χ3n) is 3.25. The molecule has 0 aliphatic heterocycles. The van der Waals surface area contributed by atoms with Gasteiger partial charge in [-0.25, -0.2) is 5.43 Å². The van der Waals surface area contributed by atoms with Crippen LogP contribution in [0.4, 0.5) is 0 Å². The quantitative estimate of drug-likeness (QED) is 0.425. The highest BCUT2D eigenvalue weighted by Crippen LogP contribution is 2.32. The number of amides is 1. The van der Waals surface area contributed by atoms with Crippen molar-refractivity contribution in [3.05, 3.63) is 62.7 Å². The van der Waals surface area contributed by atoms with Gasteiger partial charge in [0.2, 0.25) is 0 Å². The van der Waals surface area contributed by atoms with Gasteiger partial charge in [-0.2, -0.15) is 5.10 Å². The fourth-order valence-electron chi connectivity index (χ4n) is 2.14. The molecule has 3 rings (SSSR count). The SMILES string of the molecule is O=C(NN=Cc1cc(Br)c(O)c(Br)c1)c1c[nH]c2ccccc12. The predicted molar refractivity (Wildman–Crippen MR) is 96.9 cm³/mol. The van der Waals surface area contributed by atoms with E-state index in [2.05, 4.69) is 47.4 Å². The first-order valence-electron chi connectivity index (χ1n) is 6.64. The second kappa shape index (κ2) is 6.55. The Kier molecular flexibility index (Phi) is 4.49. The van der Waals surface area contributed by atoms with Crippen molar-refractivity contribution in [3.63, 3.8) is 0 Å². The molecule has 3 N–H and O–H groups in total. The lowest BCUT2D eigenvalue weighted by Gasteiger charge is -2.02. The van der Waals surface area contributed by atoms with Crippen molar-refractivity contribution in [1.82, 2.24) is 10.4 Å². The lowest BCUT2D eigenvalue weighted by atomic mass is 10.2. The molecule has 23 heavy (non-hydrogen) atoms. The van der Waals surface area contributed by atoms with Crippen molar-refractivity contribution < 1.29 is 9.90 Å². The summed E-state index contributed by atoms with van der Waals surface area (Å²) in [5, 5.41) is 14.5. The minimum atomic E-state index is -0.296. The monoisotopic (exact) mass is 435 g/mol. The average molecular weight is 437 g/mol. The maximum absolute atomic E-state index is 12.2. The molecule has 0 unspecified atom stereocenters. The fraction of sp³-hybridized carbons (Fsp3) is 0. The molecular formula is C16H11Br2N3O2. The van der Waals surface area contributed by atoms with E-state index in [0.717, 1.165) is 16.5 Å². The molecule has 0 bridgehead atoms. The summed E-state index contributed by atoms with van der Waals surface area (Å²) < 4.78 is 1.08. The van der Waals surface area contributed by atoms with Gasteiger partial charge in [-0.15, -0.1) is 0 Å². The molecule has 1 aromatic heterocycles. The number of nitrogens with one attached hydrogen (secondary N) is 2. The summed E-state index contributed by atoms with van der Waals surface area (Å²) >= 11 is 6.49. The van der Waals surface area contributed by atoms with Crippen LogP contribution in [0.2, 0.25) is 0 Å². The van der Waals surface area contributed by atoms with Gasteiger partial charge in [-0.1, -0.05) is 18.2 Å². The van der Waals surface area contributed by atoms with Gasteiger partial charge < -0.3 is 10.1 Å². The standard InChI is InChI=1S/C16H11Br2N3O2/c17-12-5-9(6-13(18)15(12)22)7-20-21-16(23)11-8-19-14-4-2-1-3-10(11)14/h1-8,19,22H,(H,21,23). The molecule has 1 heterocycles. The van der Waals surface area contributed by atoms with Crippen molar-refractivity contribution in [2.24, 2.45) is 5.10 Å². The van der Waals surface area contributed by atoms with Crippen LogP contribution in [0, 0.1) is 0 Å². The minimum Gasteiger partial charge on any atom is -0.506 e. The molecule has 7 heteroatoms. The van der Waals surface area contributed by atoms with Crippen LogP contribution in [0.15, 0.2) is 56.6 Å². The maximum atomic E-state index is 12.2. The van der Waals surface area contributed by atoms with E-state index < -0.39 is 0 Å². The highest BCUT2D eigenvalue weighted by atomic mass is 79.9. The number of halogens is 2. The molecule has 5 nitrogen and oxygen atoms in total. The molecule has 0 saturated carbocycles. The van der Waals surface area contributed by atoms with Gasteiger partial charge in [-0.05, 0) is 55.6 Å². The predicted octanol–water partition coefficient (Wildman–Crippen LogP) is 4.16. The summed E-state index contributed by atoms with van der Waals surface area (Å²) in [6.45, 7) is 0. The van der Waals surface area contributed by atoms with E-state index in [1.54, 1.807) is 18.3 Å². The van der Waals surface area contributed by atoms with Crippen molar-refractivity contribution in [3.8, 4) is 5.75 Å². The van der Waals surface area contributed by atoms with E-state index in [-0.39, 0.29) is 11.7 Å². The lowest BCUT2D eigenvalue weighted by Crippen LogP contribution is -2.17. The summed E-state index contributed by atoms with van der Waals surface area (Å²) in [5.41, 5.74) is 4.65. The number of carbonyl (C=O) groups excluding carboxylic acids is 1. The van der Waals surface area contributed by atoms with Crippen LogP contribution in [0.5, 0.6) is 5.75 Å². The molecular weight excluding hydrogens is 426 g/mol. The summed E-state index contributed by atoms with van der Waals surface area (Å²) in [6.07, 6.45) is 3.16. The molecule has 0 aliphatic carbocycles. The normalized spacial score (nSPS) is 11.2. The number of hydrogen-bond acceptors (Lipinski definition) is 3. The lowest BCUT2D eigenvalue weighted by molar-refractivity contribution is 0.0957. The molecule has 0 fully saturated rings. The third-order valence-corrected chi connectivity index (χ3v) is 4.46. The minimum absolute atomic E-state index is 0.116. The Hall–Kier alpha value is -2.12. The number of hydrazone groups is 1. The van der Waals surface area contributed by atoms with Crippen LogP contribution in [0.3, 0.4) is 0 Å².